The SMILES string of the molecule is Cc1ccc(NCC2CCN(S(C)(=O)=O)CC2)nc1C#N. The normalized spacial score (nSPS) is 17.4. The van der Waals surface area contributed by atoms with E-state index in [-0.39, 0.29) is 0 Å². The zero-order chi connectivity index (χ0) is 15.5. The third-order valence-electron chi connectivity index (χ3n) is 3.82. The van der Waals surface area contributed by atoms with Gasteiger partial charge >= 0.3 is 0 Å². The van der Waals surface area contributed by atoms with E-state index in [0.717, 1.165) is 24.9 Å². The summed E-state index contributed by atoms with van der Waals surface area (Å²) in [4.78, 5) is 4.25. The Balaban J connectivity index is 1.87. The van der Waals surface area contributed by atoms with Crippen molar-refractivity contribution in [3.63, 3.8) is 0 Å². The summed E-state index contributed by atoms with van der Waals surface area (Å²) in [7, 11) is -3.07. The van der Waals surface area contributed by atoms with Crippen molar-refractivity contribution >= 4 is 15.8 Å². The molecule has 0 unspecified atom stereocenters. The Bertz CT molecular complexity index is 643. The molecule has 6 nitrogen and oxygen atoms in total. The molecule has 114 valence electrons. The predicted molar refractivity (Wildman–Crippen MR) is 81.3 cm³/mol. The third-order valence-corrected chi connectivity index (χ3v) is 5.12. The fraction of sp³-hybridized carbons (Fsp3) is 0.571. The maximum Gasteiger partial charge on any atom is 0.211 e. The van der Waals surface area contributed by atoms with Crippen LogP contribution < -0.4 is 5.32 Å². The summed E-state index contributed by atoms with van der Waals surface area (Å²) in [5, 5.41) is 12.2. The molecule has 1 fully saturated rings. The fourth-order valence-corrected chi connectivity index (χ4v) is 3.31. The van der Waals surface area contributed by atoms with Gasteiger partial charge in [-0.05, 0) is 37.3 Å². The molecular formula is C14H20N4O2S. The molecule has 7 heteroatoms. The van der Waals surface area contributed by atoms with E-state index in [1.165, 1.54) is 10.6 Å². The molecule has 1 aromatic rings. The van der Waals surface area contributed by atoms with E-state index in [0.29, 0.717) is 30.5 Å². The van der Waals surface area contributed by atoms with E-state index in [9.17, 15) is 8.42 Å². The van der Waals surface area contributed by atoms with Crippen molar-refractivity contribution in [1.82, 2.24) is 9.29 Å². The van der Waals surface area contributed by atoms with Crippen LogP contribution in [0.4, 0.5) is 5.82 Å². The van der Waals surface area contributed by atoms with Crippen molar-refractivity contribution in [2.75, 3.05) is 31.2 Å². The molecule has 1 aliphatic rings. The lowest BCUT2D eigenvalue weighted by Gasteiger charge is -2.30. The second-order valence-corrected chi connectivity index (χ2v) is 7.44. The largest absolute Gasteiger partial charge is 0.370 e. The van der Waals surface area contributed by atoms with Gasteiger partial charge in [-0.3, -0.25) is 0 Å². The minimum Gasteiger partial charge on any atom is -0.370 e. The van der Waals surface area contributed by atoms with E-state index < -0.39 is 10.0 Å². The van der Waals surface area contributed by atoms with Gasteiger partial charge < -0.3 is 5.32 Å². The molecule has 2 heterocycles. The average molecular weight is 308 g/mol. The van der Waals surface area contributed by atoms with Gasteiger partial charge in [0, 0.05) is 19.6 Å². The monoisotopic (exact) mass is 308 g/mol. The van der Waals surface area contributed by atoms with E-state index in [4.69, 9.17) is 5.26 Å². The van der Waals surface area contributed by atoms with Gasteiger partial charge in [-0.15, -0.1) is 0 Å². The lowest BCUT2D eigenvalue weighted by atomic mass is 9.98. The number of nitrogens with zero attached hydrogens (tertiary/aromatic N) is 3. The van der Waals surface area contributed by atoms with Crippen LogP contribution in [0.25, 0.3) is 0 Å². The van der Waals surface area contributed by atoms with E-state index in [1.807, 2.05) is 19.1 Å². The van der Waals surface area contributed by atoms with Gasteiger partial charge in [0.05, 0.1) is 6.26 Å². The minimum atomic E-state index is -3.07. The smallest absolute Gasteiger partial charge is 0.211 e. The van der Waals surface area contributed by atoms with Gasteiger partial charge in [-0.2, -0.15) is 5.26 Å². The molecule has 0 aliphatic carbocycles. The standard InChI is InChI=1S/C14H20N4O2S/c1-11-3-4-14(17-13(11)9-15)16-10-12-5-7-18(8-6-12)21(2,19)20/h3-4,12H,5-8,10H2,1-2H3,(H,16,17). The van der Waals surface area contributed by atoms with E-state index in [1.54, 1.807) is 0 Å². The topological polar surface area (TPSA) is 86.1 Å². The number of hydrogen-bond acceptors (Lipinski definition) is 5. The van der Waals surface area contributed by atoms with Crippen molar-refractivity contribution in [2.45, 2.75) is 19.8 Å². The molecule has 21 heavy (non-hydrogen) atoms. The Morgan fingerprint density at radius 1 is 1.43 bits per heavy atom. The first-order valence-corrected chi connectivity index (χ1v) is 8.81. The average Bonchev–Trinajstić information content (AvgIpc) is 2.46. The molecule has 0 atom stereocenters. The lowest BCUT2D eigenvalue weighted by molar-refractivity contribution is 0.283. The van der Waals surface area contributed by atoms with Crippen molar-refractivity contribution in [3.05, 3.63) is 23.4 Å². The van der Waals surface area contributed by atoms with Crippen LogP contribution in [0.2, 0.25) is 0 Å². The molecule has 1 aromatic heterocycles. The summed E-state index contributed by atoms with van der Waals surface area (Å²) < 4.78 is 24.4. The summed E-state index contributed by atoms with van der Waals surface area (Å²) in [5.74, 6) is 1.12. The number of aryl methyl sites for hydroxylation is 1. The molecule has 2 rings (SSSR count). The van der Waals surface area contributed by atoms with Crippen LogP contribution in [0.5, 0.6) is 0 Å². The highest BCUT2D eigenvalue weighted by Crippen LogP contribution is 2.20. The van der Waals surface area contributed by atoms with Crippen molar-refractivity contribution in [3.8, 4) is 6.07 Å². The van der Waals surface area contributed by atoms with Gasteiger partial charge in [0.15, 0.2) is 0 Å². The van der Waals surface area contributed by atoms with Gasteiger partial charge in [0.1, 0.15) is 17.6 Å². The quantitative estimate of drug-likeness (QED) is 0.907. The number of aromatic nitrogens is 1. The van der Waals surface area contributed by atoms with Gasteiger partial charge in [-0.1, -0.05) is 6.07 Å². The molecule has 0 radical (unpaired) electrons. The molecule has 0 amide bonds. The molecule has 0 bridgehead atoms. The Morgan fingerprint density at radius 2 is 2.10 bits per heavy atom. The summed E-state index contributed by atoms with van der Waals surface area (Å²) >= 11 is 0. The Kier molecular flexibility index (Phi) is 4.80. The van der Waals surface area contributed by atoms with Gasteiger partial charge in [0.25, 0.3) is 0 Å². The fourth-order valence-electron chi connectivity index (χ4n) is 2.43. The van der Waals surface area contributed by atoms with Crippen LogP contribution >= 0.6 is 0 Å². The molecule has 1 aliphatic heterocycles. The number of nitrogens with one attached hydrogen (secondary N) is 1. The number of sulfonamides is 1. The van der Waals surface area contributed by atoms with Crippen molar-refractivity contribution in [2.24, 2.45) is 5.92 Å². The van der Waals surface area contributed by atoms with Crippen LogP contribution in [0.15, 0.2) is 12.1 Å². The Labute approximate surface area is 125 Å². The second kappa shape index (κ2) is 6.41. The highest BCUT2D eigenvalue weighted by Gasteiger charge is 2.24. The first kappa shape index (κ1) is 15.7. The summed E-state index contributed by atoms with van der Waals surface area (Å²) in [6, 6.07) is 5.81. The van der Waals surface area contributed by atoms with Crippen molar-refractivity contribution in [1.29, 1.82) is 5.26 Å². The Hall–Kier alpha value is -1.65. The molecule has 0 saturated carbocycles. The summed E-state index contributed by atoms with van der Waals surface area (Å²) in [6.45, 7) is 3.76. The van der Waals surface area contributed by atoms with Crippen LogP contribution in [-0.4, -0.2) is 43.6 Å². The molecule has 0 aromatic carbocycles. The van der Waals surface area contributed by atoms with Crippen LogP contribution in [0.3, 0.4) is 0 Å². The number of piperidine rings is 1. The van der Waals surface area contributed by atoms with Gasteiger partial charge in [-0.25, -0.2) is 17.7 Å². The van der Waals surface area contributed by atoms with E-state index >= 15 is 0 Å². The second-order valence-electron chi connectivity index (χ2n) is 5.46. The molecule has 1 saturated heterocycles. The van der Waals surface area contributed by atoms with E-state index in [2.05, 4.69) is 16.4 Å². The first-order valence-electron chi connectivity index (χ1n) is 6.97. The van der Waals surface area contributed by atoms with Crippen LogP contribution in [0.1, 0.15) is 24.1 Å². The highest BCUT2D eigenvalue weighted by atomic mass is 32.2. The summed E-state index contributed by atoms with van der Waals surface area (Å²) in [5.41, 5.74) is 1.30. The Morgan fingerprint density at radius 3 is 2.67 bits per heavy atom. The van der Waals surface area contributed by atoms with Crippen molar-refractivity contribution < 1.29 is 8.42 Å². The molecular weight excluding hydrogens is 288 g/mol. The highest BCUT2D eigenvalue weighted by molar-refractivity contribution is 7.88. The first-order chi connectivity index (χ1) is 9.90. The third kappa shape index (κ3) is 4.16. The molecule has 1 N–H and O–H groups in total. The summed E-state index contributed by atoms with van der Waals surface area (Å²) in [6.07, 6.45) is 2.94. The van der Waals surface area contributed by atoms with Crippen LogP contribution in [0, 0.1) is 24.2 Å². The van der Waals surface area contributed by atoms with Gasteiger partial charge in [0.2, 0.25) is 10.0 Å². The number of anilines is 1. The predicted octanol–water partition coefficient (Wildman–Crippen LogP) is 1.35. The lowest BCUT2D eigenvalue weighted by Crippen LogP contribution is -2.39. The maximum absolute atomic E-state index is 11.4. The zero-order valence-electron chi connectivity index (χ0n) is 12.3. The minimum absolute atomic E-state index is 0.427. The maximum atomic E-state index is 11.4. The number of hydrogen-bond donors (Lipinski definition) is 1. The van der Waals surface area contributed by atoms with Crippen LogP contribution in [-0.2, 0) is 10.0 Å². The number of nitriles is 1. The number of rotatable bonds is 4. The molecule has 0 spiro atoms. The number of pyridine rings is 1. The zero-order valence-corrected chi connectivity index (χ0v) is 13.2.